The summed E-state index contributed by atoms with van der Waals surface area (Å²) in [5.41, 5.74) is -1.02. The number of rotatable bonds is 9. The molecule has 0 unspecified atom stereocenters. The van der Waals surface area contributed by atoms with E-state index in [4.69, 9.17) is 5.11 Å². The zero-order chi connectivity index (χ0) is 15.8. The van der Waals surface area contributed by atoms with E-state index in [1.165, 1.54) is 0 Å². The van der Waals surface area contributed by atoms with Gasteiger partial charge in [0.25, 0.3) is 5.69 Å². The number of aliphatic carboxylic acids is 1. The Morgan fingerprint density at radius 1 is 1.19 bits per heavy atom. The van der Waals surface area contributed by atoms with Gasteiger partial charge in [-0.2, -0.15) is 0 Å². The topological polar surface area (TPSA) is 92.5 Å². The number of nitrogens with zero attached hydrogens (tertiary/aromatic N) is 1. The third-order valence-corrected chi connectivity index (χ3v) is 2.86. The van der Waals surface area contributed by atoms with Crippen LogP contribution in [0.5, 0.6) is 0 Å². The van der Waals surface area contributed by atoms with Crippen molar-refractivity contribution in [1.82, 2.24) is 0 Å². The van der Waals surface area contributed by atoms with E-state index in [1.807, 2.05) is 0 Å². The Bertz CT molecular complexity index is 500. The molecule has 0 aliphatic carbocycles. The van der Waals surface area contributed by atoms with Gasteiger partial charge in [-0.15, -0.1) is 0 Å². The predicted octanol–water partition coefficient (Wildman–Crippen LogP) is 3.32. The van der Waals surface area contributed by atoms with Gasteiger partial charge in [0.05, 0.1) is 17.1 Å². The summed E-state index contributed by atoms with van der Waals surface area (Å²) in [6.45, 7) is 0.304. The van der Waals surface area contributed by atoms with Crippen LogP contribution < -0.4 is 5.32 Å². The summed E-state index contributed by atoms with van der Waals surface area (Å²) in [5, 5.41) is 21.4. The van der Waals surface area contributed by atoms with Gasteiger partial charge >= 0.3 is 5.97 Å². The lowest BCUT2D eigenvalue weighted by Crippen LogP contribution is -2.06. The Balaban J connectivity index is 2.39. The second kappa shape index (κ2) is 8.13. The molecule has 0 spiro atoms. The lowest BCUT2D eigenvalue weighted by molar-refractivity contribution is -0.385. The number of nitro benzene ring substituents is 1. The lowest BCUT2D eigenvalue weighted by atomic mass is 10.1. The number of hydrogen-bond acceptors (Lipinski definition) is 4. The molecule has 0 saturated heterocycles. The number of carbonyl (C=O) groups is 1. The molecule has 2 N–H and O–H groups in total. The van der Waals surface area contributed by atoms with Gasteiger partial charge in [0.2, 0.25) is 0 Å². The summed E-state index contributed by atoms with van der Waals surface area (Å²) < 4.78 is 27.0. The third kappa shape index (κ3) is 5.72. The molecule has 0 aliphatic heterocycles. The van der Waals surface area contributed by atoms with E-state index in [1.54, 1.807) is 0 Å². The molecule has 0 amide bonds. The fourth-order valence-electron chi connectivity index (χ4n) is 1.80. The first-order chi connectivity index (χ1) is 9.91. The zero-order valence-electron chi connectivity index (χ0n) is 11.3. The van der Waals surface area contributed by atoms with E-state index < -0.39 is 28.2 Å². The van der Waals surface area contributed by atoms with Crippen LogP contribution in [-0.2, 0) is 4.79 Å². The standard InChI is InChI=1S/C13H16F2N2O4/c14-10-7-9(17(20)21)8-11(15)13(10)16-6-4-2-1-3-5-12(18)19/h7-8,16H,1-6H2,(H,18,19). The van der Waals surface area contributed by atoms with Crippen molar-refractivity contribution in [2.24, 2.45) is 0 Å². The number of halogens is 2. The summed E-state index contributed by atoms with van der Waals surface area (Å²) in [6.07, 6.45) is 2.75. The molecule has 0 radical (unpaired) electrons. The Labute approximate surface area is 119 Å². The van der Waals surface area contributed by atoms with Crippen LogP contribution in [0.15, 0.2) is 12.1 Å². The van der Waals surface area contributed by atoms with Crippen molar-refractivity contribution in [1.29, 1.82) is 0 Å². The molecule has 0 atom stereocenters. The molecule has 0 aliphatic rings. The molecule has 0 heterocycles. The number of carboxylic acid groups (broad SMARTS) is 1. The Morgan fingerprint density at radius 3 is 2.29 bits per heavy atom. The van der Waals surface area contributed by atoms with E-state index in [2.05, 4.69) is 5.32 Å². The number of nitrogens with one attached hydrogen (secondary N) is 1. The van der Waals surface area contributed by atoms with Gasteiger partial charge in [-0.1, -0.05) is 12.8 Å². The summed E-state index contributed by atoms with van der Waals surface area (Å²) in [4.78, 5) is 19.9. The van der Waals surface area contributed by atoms with E-state index in [0.717, 1.165) is 12.8 Å². The molecular formula is C13H16F2N2O4. The highest BCUT2D eigenvalue weighted by atomic mass is 19.1. The van der Waals surface area contributed by atoms with E-state index >= 15 is 0 Å². The summed E-state index contributed by atoms with van der Waals surface area (Å²) in [6, 6.07) is 1.33. The maximum Gasteiger partial charge on any atom is 0.303 e. The summed E-state index contributed by atoms with van der Waals surface area (Å²) in [7, 11) is 0. The second-order valence-electron chi connectivity index (χ2n) is 4.53. The maximum atomic E-state index is 13.5. The van der Waals surface area contributed by atoms with Crippen LogP contribution in [0, 0.1) is 21.7 Å². The summed E-state index contributed by atoms with van der Waals surface area (Å²) in [5.74, 6) is -2.86. The number of non-ortho nitro benzene ring substituents is 1. The first kappa shape index (κ1) is 16.8. The van der Waals surface area contributed by atoms with Gasteiger partial charge in [-0.3, -0.25) is 14.9 Å². The first-order valence-corrected chi connectivity index (χ1v) is 6.51. The van der Waals surface area contributed by atoms with Crippen LogP contribution >= 0.6 is 0 Å². The van der Waals surface area contributed by atoms with Gasteiger partial charge in [0.15, 0.2) is 11.6 Å². The zero-order valence-corrected chi connectivity index (χ0v) is 11.3. The molecule has 0 bridgehead atoms. The normalized spacial score (nSPS) is 10.4. The third-order valence-electron chi connectivity index (χ3n) is 2.86. The molecular weight excluding hydrogens is 286 g/mol. The Kier molecular flexibility index (Phi) is 6.51. The molecule has 6 nitrogen and oxygen atoms in total. The average molecular weight is 302 g/mol. The minimum absolute atomic E-state index is 0.110. The first-order valence-electron chi connectivity index (χ1n) is 6.51. The van der Waals surface area contributed by atoms with Crippen molar-refractivity contribution < 1.29 is 23.6 Å². The van der Waals surface area contributed by atoms with Crippen LogP contribution in [0.3, 0.4) is 0 Å². The van der Waals surface area contributed by atoms with Crippen LogP contribution in [0.25, 0.3) is 0 Å². The highest BCUT2D eigenvalue weighted by molar-refractivity contribution is 5.66. The number of benzene rings is 1. The second-order valence-corrected chi connectivity index (χ2v) is 4.53. The molecule has 8 heteroatoms. The number of nitro groups is 1. The van der Waals surface area contributed by atoms with Crippen LogP contribution in [0.1, 0.15) is 32.1 Å². The quantitative estimate of drug-likeness (QED) is 0.414. The average Bonchev–Trinajstić information content (AvgIpc) is 2.39. The maximum absolute atomic E-state index is 13.5. The van der Waals surface area contributed by atoms with E-state index in [-0.39, 0.29) is 12.1 Å². The highest BCUT2D eigenvalue weighted by Gasteiger charge is 2.16. The molecule has 1 aromatic rings. The van der Waals surface area contributed by atoms with Crippen molar-refractivity contribution >= 4 is 17.3 Å². The molecule has 0 fully saturated rings. The fourth-order valence-corrected chi connectivity index (χ4v) is 1.80. The van der Waals surface area contributed by atoms with Crippen LogP contribution in [0.2, 0.25) is 0 Å². The smallest absolute Gasteiger partial charge is 0.303 e. The predicted molar refractivity (Wildman–Crippen MR) is 72.2 cm³/mol. The Hall–Kier alpha value is -2.25. The van der Waals surface area contributed by atoms with Crippen molar-refractivity contribution in [3.8, 4) is 0 Å². The number of hydrogen-bond donors (Lipinski definition) is 2. The van der Waals surface area contributed by atoms with Crippen molar-refractivity contribution in [3.05, 3.63) is 33.9 Å². The minimum atomic E-state index is -1.01. The number of unbranched alkanes of at least 4 members (excludes halogenated alkanes) is 3. The van der Waals surface area contributed by atoms with Crippen molar-refractivity contribution in [2.75, 3.05) is 11.9 Å². The largest absolute Gasteiger partial charge is 0.481 e. The fraction of sp³-hybridized carbons (Fsp3) is 0.462. The van der Waals surface area contributed by atoms with Gasteiger partial charge in [0, 0.05) is 13.0 Å². The van der Waals surface area contributed by atoms with E-state index in [0.29, 0.717) is 31.5 Å². The van der Waals surface area contributed by atoms with Crippen molar-refractivity contribution in [3.63, 3.8) is 0 Å². The summed E-state index contributed by atoms with van der Waals surface area (Å²) >= 11 is 0. The van der Waals surface area contributed by atoms with Gasteiger partial charge < -0.3 is 10.4 Å². The highest BCUT2D eigenvalue weighted by Crippen LogP contribution is 2.24. The molecule has 0 aromatic heterocycles. The molecule has 1 aromatic carbocycles. The Morgan fingerprint density at radius 2 is 1.76 bits per heavy atom. The van der Waals surface area contributed by atoms with Crippen LogP contribution in [-0.4, -0.2) is 22.5 Å². The van der Waals surface area contributed by atoms with Gasteiger partial charge in [0.1, 0.15) is 5.69 Å². The van der Waals surface area contributed by atoms with Crippen LogP contribution in [0.4, 0.5) is 20.2 Å². The number of carboxylic acids is 1. The monoisotopic (exact) mass is 302 g/mol. The molecule has 21 heavy (non-hydrogen) atoms. The molecule has 0 saturated carbocycles. The van der Waals surface area contributed by atoms with Gasteiger partial charge in [-0.25, -0.2) is 8.78 Å². The minimum Gasteiger partial charge on any atom is -0.481 e. The molecule has 116 valence electrons. The van der Waals surface area contributed by atoms with Crippen molar-refractivity contribution in [2.45, 2.75) is 32.1 Å². The SMILES string of the molecule is O=C(O)CCCCCCNc1c(F)cc([N+](=O)[O-])cc1F. The van der Waals surface area contributed by atoms with Gasteiger partial charge in [-0.05, 0) is 12.8 Å². The van der Waals surface area contributed by atoms with E-state index in [9.17, 15) is 23.7 Å². The molecule has 1 rings (SSSR count). The lowest BCUT2D eigenvalue weighted by Gasteiger charge is -2.08. The number of anilines is 1.